The number of hydrogen-bond donors (Lipinski definition) is 1. The van der Waals surface area contributed by atoms with Crippen molar-refractivity contribution in [3.63, 3.8) is 0 Å². The summed E-state index contributed by atoms with van der Waals surface area (Å²) < 4.78 is 0. The van der Waals surface area contributed by atoms with Crippen molar-refractivity contribution in [3.8, 4) is 0 Å². The average molecular weight is 353 g/mol. The third-order valence-electron chi connectivity index (χ3n) is 6.03. The quantitative estimate of drug-likeness (QED) is 0.902. The molecule has 0 aliphatic carbocycles. The van der Waals surface area contributed by atoms with E-state index < -0.39 is 0 Å². The number of para-hydroxylation sites is 1. The highest BCUT2D eigenvalue weighted by atomic mass is 16.2. The Morgan fingerprint density at radius 3 is 2.62 bits per heavy atom. The van der Waals surface area contributed by atoms with Crippen LogP contribution in [-0.2, 0) is 16.0 Å². The van der Waals surface area contributed by atoms with E-state index >= 15 is 0 Å². The number of nitrogens with one attached hydrogen (secondary N) is 1. The van der Waals surface area contributed by atoms with Gasteiger partial charge in [-0.05, 0) is 43.7 Å². The van der Waals surface area contributed by atoms with E-state index in [1.165, 1.54) is 0 Å². The first-order valence-electron chi connectivity index (χ1n) is 9.77. The van der Waals surface area contributed by atoms with Crippen molar-refractivity contribution in [2.45, 2.75) is 57.5 Å². The Balaban J connectivity index is 1.56. The van der Waals surface area contributed by atoms with Crippen LogP contribution in [0.1, 0.15) is 44.6 Å². The van der Waals surface area contributed by atoms with Crippen LogP contribution >= 0.6 is 0 Å². The number of H-pyrrole nitrogens is 1. The molecule has 5 heteroatoms. The molecule has 4 rings (SSSR count). The molecular formula is C21H27N3O2. The summed E-state index contributed by atoms with van der Waals surface area (Å²) in [6.07, 6.45) is 7.50. The average Bonchev–Trinajstić information content (AvgIpc) is 2.91. The number of piperidine rings is 1. The van der Waals surface area contributed by atoms with Gasteiger partial charge in [-0.3, -0.25) is 9.59 Å². The summed E-state index contributed by atoms with van der Waals surface area (Å²) in [6.45, 7) is 3.31. The first kappa shape index (κ1) is 17.1. The Morgan fingerprint density at radius 2 is 1.77 bits per heavy atom. The highest BCUT2D eigenvalue weighted by Gasteiger charge is 2.39. The fourth-order valence-corrected chi connectivity index (χ4v) is 4.79. The van der Waals surface area contributed by atoms with Crippen molar-refractivity contribution in [1.82, 2.24) is 14.8 Å². The maximum Gasteiger partial charge on any atom is 0.227 e. The zero-order valence-corrected chi connectivity index (χ0v) is 15.4. The Labute approximate surface area is 154 Å². The number of benzene rings is 1. The van der Waals surface area contributed by atoms with Gasteiger partial charge in [-0.25, -0.2) is 0 Å². The van der Waals surface area contributed by atoms with Crippen molar-refractivity contribution < 1.29 is 9.59 Å². The van der Waals surface area contributed by atoms with E-state index in [1.807, 2.05) is 29.3 Å². The molecule has 2 saturated heterocycles. The summed E-state index contributed by atoms with van der Waals surface area (Å²) in [5.41, 5.74) is 2.13. The van der Waals surface area contributed by atoms with Gasteiger partial charge in [0.25, 0.3) is 0 Å². The van der Waals surface area contributed by atoms with Crippen LogP contribution in [0.15, 0.2) is 30.5 Å². The van der Waals surface area contributed by atoms with Crippen molar-refractivity contribution in [2.24, 2.45) is 0 Å². The molecule has 3 heterocycles. The molecule has 0 spiro atoms. The van der Waals surface area contributed by atoms with E-state index in [4.69, 9.17) is 0 Å². The second-order valence-corrected chi connectivity index (χ2v) is 7.61. The first-order valence-corrected chi connectivity index (χ1v) is 9.77. The standard InChI is InChI=1S/C21H27N3O2/c1-15(25)23-11-5-4-9-20-19(23)10-6-12-24(20)21(26)13-16-14-22-18-8-3-2-7-17(16)18/h2-3,7-8,14,19-20,22H,4-6,9-13H2,1H3/t19-,20-/m1/s1. The molecule has 5 nitrogen and oxygen atoms in total. The normalized spacial score (nSPS) is 23.6. The largest absolute Gasteiger partial charge is 0.361 e. The maximum absolute atomic E-state index is 13.2. The molecule has 2 aromatic rings. The second kappa shape index (κ2) is 7.14. The topological polar surface area (TPSA) is 56.4 Å². The fourth-order valence-electron chi connectivity index (χ4n) is 4.79. The highest BCUT2D eigenvalue weighted by Crippen LogP contribution is 2.30. The number of carbonyl (C=O) groups excluding carboxylic acids is 2. The van der Waals surface area contributed by atoms with Gasteiger partial charge in [0.15, 0.2) is 0 Å². The second-order valence-electron chi connectivity index (χ2n) is 7.61. The first-order chi connectivity index (χ1) is 12.6. The van der Waals surface area contributed by atoms with Crippen LogP contribution in [0.3, 0.4) is 0 Å². The van der Waals surface area contributed by atoms with Gasteiger partial charge in [-0.1, -0.05) is 18.2 Å². The predicted molar refractivity (Wildman–Crippen MR) is 102 cm³/mol. The smallest absolute Gasteiger partial charge is 0.227 e. The Morgan fingerprint density at radius 1 is 1.04 bits per heavy atom. The van der Waals surface area contributed by atoms with Crippen molar-refractivity contribution >= 4 is 22.7 Å². The number of hydrogen-bond acceptors (Lipinski definition) is 2. The number of likely N-dealkylation sites (tertiary alicyclic amines) is 2. The van der Waals surface area contributed by atoms with Gasteiger partial charge in [-0.15, -0.1) is 0 Å². The molecule has 0 unspecified atom stereocenters. The lowest BCUT2D eigenvalue weighted by atomic mass is 9.91. The van der Waals surface area contributed by atoms with Crippen LogP contribution < -0.4 is 0 Å². The van der Waals surface area contributed by atoms with Crippen LogP contribution in [0.5, 0.6) is 0 Å². The van der Waals surface area contributed by atoms with Gasteiger partial charge in [0.2, 0.25) is 11.8 Å². The summed E-state index contributed by atoms with van der Waals surface area (Å²) in [4.78, 5) is 32.6. The highest BCUT2D eigenvalue weighted by molar-refractivity contribution is 5.89. The van der Waals surface area contributed by atoms with Gasteiger partial charge in [0.05, 0.1) is 18.5 Å². The molecule has 0 radical (unpaired) electrons. The fraction of sp³-hybridized carbons (Fsp3) is 0.524. The van der Waals surface area contributed by atoms with Crippen LogP contribution in [0, 0.1) is 0 Å². The van der Waals surface area contributed by atoms with E-state index in [0.717, 1.165) is 61.7 Å². The lowest BCUT2D eigenvalue weighted by Gasteiger charge is -2.44. The monoisotopic (exact) mass is 353 g/mol. The number of aromatic amines is 1. The van der Waals surface area contributed by atoms with Crippen LogP contribution in [0.2, 0.25) is 0 Å². The molecule has 2 fully saturated rings. The third-order valence-corrected chi connectivity index (χ3v) is 6.03. The van der Waals surface area contributed by atoms with Crippen molar-refractivity contribution in [2.75, 3.05) is 13.1 Å². The summed E-state index contributed by atoms with van der Waals surface area (Å²) >= 11 is 0. The minimum Gasteiger partial charge on any atom is -0.361 e. The van der Waals surface area contributed by atoms with E-state index in [-0.39, 0.29) is 23.9 Å². The Hall–Kier alpha value is -2.30. The molecule has 2 atom stereocenters. The van der Waals surface area contributed by atoms with Gasteiger partial charge < -0.3 is 14.8 Å². The molecule has 2 aliphatic rings. The third kappa shape index (κ3) is 3.11. The molecule has 0 saturated carbocycles. The molecule has 1 aromatic heterocycles. The summed E-state index contributed by atoms with van der Waals surface area (Å²) in [5.74, 6) is 0.336. The van der Waals surface area contributed by atoms with E-state index in [2.05, 4.69) is 16.0 Å². The zero-order valence-electron chi connectivity index (χ0n) is 15.4. The lowest BCUT2D eigenvalue weighted by Crippen LogP contribution is -2.57. The summed E-state index contributed by atoms with van der Waals surface area (Å²) in [6, 6.07) is 8.48. The van der Waals surface area contributed by atoms with Crippen LogP contribution in [0.4, 0.5) is 0 Å². The SMILES string of the molecule is CC(=O)N1CCCC[C@@H]2[C@H]1CCCN2C(=O)Cc1c[nH]c2ccccc12. The molecule has 2 amide bonds. The van der Waals surface area contributed by atoms with Gasteiger partial charge in [0.1, 0.15) is 0 Å². The maximum atomic E-state index is 13.2. The van der Waals surface area contributed by atoms with Crippen molar-refractivity contribution in [1.29, 1.82) is 0 Å². The predicted octanol–water partition coefficient (Wildman–Crippen LogP) is 3.10. The molecule has 2 aliphatic heterocycles. The molecule has 1 aromatic carbocycles. The molecular weight excluding hydrogens is 326 g/mol. The van der Waals surface area contributed by atoms with E-state index in [9.17, 15) is 9.59 Å². The number of nitrogens with zero attached hydrogens (tertiary/aromatic N) is 2. The van der Waals surface area contributed by atoms with Crippen LogP contribution in [0.25, 0.3) is 10.9 Å². The van der Waals surface area contributed by atoms with Crippen LogP contribution in [-0.4, -0.2) is 51.8 Å². The van der Waals surface area contributed by atoms with Gasteiger partial charge in [-0.2, -0.15) is 0 Å². The van der Waals surface area contributed by atoms with E-state index in [1.54, 1.807) is 6.92 Å². The van der Waals surface area contributed by atoms with Gasteiger partial charge in [0, 0.05) is 37.1 Å². The number of amides is 2. The number of rotatable bonds is 2. The zero-order chi connectivity index (χ0) is 18.1. The molecule has 1 N–H and O–H groups in total. The number of aromatic nitrogens is 1. The molecule has 0 bridgehead atoms. The van der Waals surface area contributed by atoms with E-state index in [0.29, 0.717) is 6.42 Å². The minimum atomic E-state index is 0.146. The lowest BCUT2D eigenvalue weighted by molar-refractivity contribution is -0.141. The molecule has 26 heavy (non-hydrogen) atoms. The number of fused-ring (bicyclic) bond motifs is 2. The number of carbonyl (C=O) groups is 2. The summed E-state index contributed by atoms with van der Waals surface area (Å²) in [7, 11) is 0. The Kier molecular flexibility index (Phi) is 4.70. The Bertz CT molecular complexity index is 812. The van der Waals surface area contributed by atoms with Gasteiger partial charge >= 0.3 is 0 Å². The summed E-state index contributed by atoms with van der Waals surface area (Å²) in [5, 5.41) is 1.13. The minimum absolute atomic E-state index is 0.146. The van der Waals surface area contributed by atoms with Crippen molar-refractivity contribution in [3.05, 3.63) is 36.0 Å². The molecule has 138 valence electrons.